The van der Waals surface area contributed by atoms with Gasteiger partial charge in [0.05, 0.1) is 34.1 Å². The van der Waals surface area contributed by atoms with Gasteiger partial charge in [-0.15, -0.1) is 29.1 Å². The predicted octanol–water partition coefficient (Wildman–Crippen LogP) is 9.47. The second-order valence-corrected chi connectivity index (χ2v) is 16.4. The smallest absolute Gasteiger partial charge is 0.423 e. The normalized spacial score (nSPS) is 13.0. The SMILES string of the molecule is CN1c2ccc(-c3cn(C)c4c3[c-]cn4C)[c-]c2N(c2nc3c4c(ccc3o2)Nc2ccccc2N4[Si](c2ccccc2)c2ccccc2)c2ccccc21.[Cu+2]. The summed E-state index contributed by atoms with van der Waals surface area (Å²) in [4.78, 5) is 9.82. The van der Waals surface area contributed by atoms with E-state index < -0.39 is 8.96 Å². The van der Waals surface area contributed by atoms with Crippen molar-refractivity contribution in [3.8, 4) is 11.1 Å². The molecule has 9 aromatic rings. The van der Waals surface area contributed by atoms with Crippen molar-refractivity contribution in [2.45, 2.75) is 0 Å². The van der Waals surface area contributed by atoms with Crippen LogP contribution in [0.5, 0.6) is 0 Å². The first-order valence-corrected chi connectivity index (χ1v) is 19.8. The molecule has 0 bridgehead atoms. The molecule has 8 nitrogen and oxygen atoms in total. The average Bonchev–Trinajstić information content (AvgIpc) is 3.93. The summed E-state index contributed by atoms with van der Waals surface area (Å²) in [6, 6.07) is 54.9. The number of rotatable bonds is 5. The van der Waals surface area contributed by atoms with Crippen LogP contribution in [0.4, 0.5) is 51.5 Å². The van der Waals surface area contributed by atoms with Gasteiger partial charge in [0.25, 0.3) is 0 Å². The summed E-state index contributed by atoms with van der Waals surface area (Å²) in [5, 5.41) is 7.36. The van der Waals surface area contributed by atoms with Gasteiger partial charge >= 0.3 is 23.1 Å². The van der Waals surface area contributed by atoms with Crippen molar-refractivity contribution in [2.24, 2.45) is 14.1 Å². The minimum Gasteiger partial charge on any atom is -0.423 e. The molecular weight excluding hydrogens is 758 g/mol. The number of nitrogens with one attached hydrogen (secondary N) is 1. The molecule has 3 aromatic heterocycles. The number of aromatic nitrogens is 3. The van der Waals surface area contributed by atoms with Gasteiger partial charge in [-0.05, 0) is 78.4 Å². The van der Waals surface area contributed by atoms with Gasteiger partial charge in [0, 0.05) is 12.7 Å². The molecule has 0 aliphatic carbocycles. The zero-order valence-corrected chi connectivity index (χ0v) is 32.7. The van der Waals surface area contributed by atoms with Crippen molar-refractivity contribution < 1.29 is 21.5 Å². The van der Waals surface area contributed by atoms with Crippen LogP contribution >= 0.6 is 0 Å². The summed E-state index contributed by atoms with van der Waals surface area (Å²) >= 11 is 0. The van der Waals surface area contributed by atoms with E-state index in [4.69, 9.17) is 9.40 Å². The molecule has 2 radical (unpaired) electrons. The molecule has 0 fully saturated rings. The van der Waals surface area contributed by atoms with Crippen LogP contribution in [0.3, 0.4) is 0 Å². The average molecular weight is 792 g/mol. The number of hydrogen-bond donors (Lipinski definition) is 1. The van der Waals surface area contributed by atoms with Crippen molar-refractivity contribution in [3.63, 3.8) is 0 Å². The number of aryl methyl sites for hydroxylation is 2. The molecule has 11 rings (SSSR count). The van der Waals surface area contributed by atoms with Crippen LogP contribution in [-0.4, -0.2) is 30.1 Å². The Labute approximate surface area is 337 Å². The van der Waals surface area contributed by atoms with Gasteiger partial charge in [0.1, 0.15) is 5.52 Å². The molecule has 10 heteroatoms. The molecule has 0 saturated carbocycles. The van der Waals surface area contributed by atoms with Crippen LogP contribution < -0.4 is 30.1 Å². The van der Waals surface area contributed by atoms with Crippen LogP contribution in [0.2, 0.25) is 0 Å². The Morgan fingerprint density at radius 3 is 2.09 bits per heavy atom. The minimum absolute atomic E-state index is 0. The number of para-hydroxylation sites is 4. The van der Waals surface area contributed by atoms with Crippen LogP contribution in [0.15, 0.2) is 150 Å². The molecule has 1 N–H and O–H groups in total. The van der Waals surface area contributed by atoms with E-state index in [1.807, 2.05) is 12.3 Å². The largest absolute Gasteiger partial charge is 2.00 e. The van der Waals surface area contributed by atoms with Crippen molar-refractivity contribution in [1.82, 2.24) is 14.1 Å². The Kier molecular flexibility index (Phi) is 7.97. The molecule has 6 aromatic carbocycles. The molecule has 0 unspecified atom stereocenters. The number of fused-ring (bicyclic) bond motifs is 7. The van der Waals surface area contributed by atoms with E-state index in [0.29, 0.717) is 11.6 Å². The van der Waals surface area contributed by atoms with E-state index in [2.05, 4.69) is 196 Å². The Bertz CT molecular complexity index is 2900. The topological polar surface area (TPSA) is 57.6 Å². The molecule has 0 atom stereocenters. The summed E-state index contributed by atoms with van der Waals surface area (Å²) in [5.74, 6) is 0. The summed E-state index contributed by atoms with van der Waals surface area (Å²) < 4.78 is 13.7. The second-order valence-electron chi connectivity index (χ2n) is 14.1. The van der Waals surface area contributed by atoms with Crippen molar-refractivity contribution in [1.29, 1.82) is 0 Å². The molecular formula is C46H34CuN7OSi. The summed E-state index contributed by atoms with van der Waals surface area (Å²) in [7, 11) is 4.63. The molecule has 2 aliphatic heterocycles. The molecule has 0 spiro atoms. The third-order valence-corrected chi connectivity index (χ3v) is 13.5. The summed E-state index contributed by atoms with van der Waals surface area (Å²) in [6.45, 7) is 0. The van der Waals surface area contributed by atoms with Crippen molar-refractivity contribution >= 4 is 93.0 Å². The maximum atomic E-state index is 6.89. The predicted molar refractivity (Wildman–Crippen MR) is 225 cm³/mol. The van der Waals surface area contributed by atoms with E-state index in [0.717, 1.165) is 73.2 Å². The number of anilines is 9. The molecule has 0 amide bonds. The van der Waals surface area contributed by atoms with E-state index in [9.17, 15) is 0 Å². The van der Waals surface area contributed by atoms with Crippen LogP contribution in [0.25, 0.3) is 33.3 Å². The number of oxazole rings is 1. The first-order chi connectivity index (χ1) is 27.0. The Morgan fingerprint density at radius 2 is 1.34 bits per heavy atom. The standard InChI is InChI=1S/C46H34N7OSi.Cu/c1-49-27-26-33-34(29-50(2)45(33)49)30-22-24-39-41(28-30)52(40-21-13-12-20-38(40)51(39)3)46-48-43-42(54-46)25-23-36-44(43)53(37-19-11-10-18-35(37)47-36)55(31-14-6-4-7-15-31)32-16-8-5-9-17-32;/h4-25,27,29,47H,1-3H3;/q-2;+2. The van der Waals surface area contributed by atoms with Gasteiger partial charge in [-0.25, -0.2) is 0 Å². The van der Waals surface area contributed by atoms with E-state index in [-0.39, 0.29) is 17.1 Å². The zero-order valence-electron chi connectivity index (χ0n) is 30.7. The van der Waals surface area contributed by atoms with Gasteiger partial charge < -0.3 is 28.3 Å². The first-order valence-electron chi connectivity index (χ1n) is 18.3. The Morgan fingerprint density at radius 1 is 0.661 bits per heavy atom. The minimum atomic E-state index is -1.60. The second kappa shape index (κ2) is 13.1. The fraction of sp³-hybridized carbons (Fsp3) is 0.0652. The number of benzene rings is 6. The quantitative estimate of drug-likeness (QED) is 0.139. The van der Waals surface area contributed by atoms with Crippen molar-refractivity contribution in [2.75, 3.05) is 26.7 Å². The maximum absolute atomic E-state index is 6.89. The van der Waals surface area contributed by atoms with E-state index in [1.165, 1.54) is 10.4 Å². The molecule has 274 valence electrons. The van der Waals surface area contributed by atoms with Gasteiger partial charge in [0.2, 0.25) is 8.96 Å². The third kappa shape index (κ3) is 5.07. The monoisotopic (exact) mass is 791 g/mol. The van der Waals surface area contributed by atoms with E-state index >= 15 is 0 Å². The van der Waals surface area contributed by atoms with Crippen LogP contribution in [-0.2, 0) is 31.2 Å². The first kappa shape index (κ1) is 34.1. The van der Waals surface area contributed by atoms with E-state index in [1.54, 1.807) is 0 Å². The molecule has 2 aliphatic rings. The summed E-state index contributed by atoms with van der Waals surface area (Å²) in [5.41, 5.74) is 12.7. The zero-order chi connectivity index (χ0) is 36.8. The van der Waals surface area contributed by atoms with Crippen LogP contribution in [0.1, 0.15) is 0 Å². The molecule has 56 heavy (non-hydrogen) atoms. The Hall–Kier alpha value is -6.45. The van der Waals surface area contributed by atoms with Gasteiger partial charge in [-0.1, -0.05) is 96.7 Å². The fourth-order valence-electron chi connectivity index (χ4n) is 8.35. The van der Waals surface area contributed by atoms with Gasteiger partial charge in [-0.3, -0.25) is 4.90 Å². The maximum Gasteiger partial charge on any atom is 2.00 e. The fourth-order valence-corrected chi connectivity index (χ4v) is 11.1. The Balaban J connectivity index is 0.00000384. The van der Waals surface area contributed by atoms with Crippen LogP contribution in [0, 0.1) is 12.1 Å². The third-order valence-electron chi connectivity index (χ3n) is 10.8. The number of hydrogen-bond acceptors (Lipinski definition) is 6. The number of nitrogens with zero attached hydrogens (tertiary/aromatic N) is 6. The van der Waals surface area contributed by atoms with Crippen molar-refractivity contribution in [3.05, 3.63) is 158 Å². The molecule has 0 saturated heterocycles. The van der Waals surface area contributed by atoms with Gasteiger partial charge in [0.15, 0.2) is 5.58 Å². The molecule has 5 heterocycles. The van der Waals surface area contributed by atoms with Gasteiger partial charge in [-0.2, -0.15) is 11.1 Å². The summed E-state index contributed by atoms with van der Waals surface area (Å²) in [6.07, 6.45) is 4.15.